The first-order chi connectivity index (χ1) is 12.3. The van der Waals surface area contributed by atoms with Gasteiger partial charge in [0.15, 0.2) is 10.3 Å². The van der Waals surface area contributed by atoms with Gasteiger partial charge >= 0.3 is 11.9 Å². The quantitative estimate of drug-likeness (QED) is 0.214. The van der Waals surface area contributed by atoms with E-state index in [0.717, 1.165) is 23.5 Å². The summed E-state index contributed by atoms with van der Waals surface area (Å²) in [6.45, 7) is 3.75. The molecule has 0 saturated carbocycles. The Bertz CT molecular complexity index is 665. The van der Waals surface area contributed by atoms with Gasteiger partial charge < -0.3 is 20.9 Å². The van der Waals surface area contributed by atoms with E-state index in [-0.39, 0.29) is 80.1 Å². The van der Waals surface area contributed by atoms with Crippen LogP contribution in [0.3, 0.4) is 0 Å². The molecule has 0 saturated heterocycles. The van der Waals surface area contributed by atoms with Crippen LogP contribution in [-0.4, -0.2) is 35.5 Å². The Labute approximate surface area is 193 Å². The predicted octanol–water partition coefficient (Wildman–Crippen LogP) is 3.45. The van der Waals surface area contributed by atoms with E-state index in [2.05, 4.69) is 0 Å². The SMILES string of the molecule is Br.Br.CCOC(=O)c1cc(C(=O)OCC)c(CSC(=N)N)cc1CSC(=N)N. The maximum absolute atomic E-state index is 12.3. The number of hydrogen-bond acceptors (Lipinski definition) is 8. The molecule has 0 atom stereocenters. The van der Waals surface area contributed by atoms with Crippen LogP contribution in [0.15, 0.2) is 12.1 Å². The number of thioether (sulfide) groups is 2. The highest BCUT2D eigenvalue weighted by Crippen LogP contribution is 2.26. The molecule has 0 unspecified atom stereocenters. The summed E-state index contributed by atoms with van der Waals surface area (Å²) in [6, 6.07) is 3.10. The average Bonchev–Trinajstić information content (AvgIpc) is 2.57. The Balaban J connectivity index is 0. The Morgan fingerprint density at radius 2 is 1.21 bits per heavy atom. The van der Waals surface area contributed by atoms with Crippen LogP contribution in [0.25, 0.3) is 0 Å². The second kappa shape index (κ2) is 14.7. The van der Waals surface area contributed by atoms with E-state index in [1.54, 1.807) is 19.9 Å². The summed E-state index contributed by atoms with van der Waals surface area (Å²) in [6.07, 6.45) is 0. The number of nitrogens with two attached hydrogens (primary N) is 2. The predicted molar refractivity (Wildman–Crippen MR) is 125 cm³/mol. The van der Waals surface area contributed by atoms with Gasteiger partial charge in [-0.1, -0.05) is 29.6 Å². The number of amidine groups is 2. The van der Waals surface area contributed by atoms with Gasteiger partial charge in [0.1, 0.15) is 0 Å². The van der Waals surface area contributed by atoms with Gasteiger partial charge in [-0.05, 0) is 31.0 Å². The topological polar surface area (TPSA) is 152 Å². The number of esters is 2. The van der Waals surface area contributed by atoms with Gasteiger partial charge in [0.25, 0.3) is 0 Å². The lowest BCUT2D eigenvalue weighted by Crippen LogP contribution is -2.15. The molecule has 0 aromatic heterocycles. The molecule has 12 heteroatoms. The molecule has 0 radical (unpaired) electrons. The fourth-order valence-corrected chi connectivity index (χ4v) is 3.14. The number of nitrogens with one attached hydrogen (secondary N) is 2. The number of benzene rings is 1. The zero-order valence-electron chi connectivity index (χ0n) is 15.4. The maximum atomic E-state index is 12.3. The highest BCUT2D eigenvalue weighted by atomic mass is 79.9. The number of carbonyl (C=O) groups is 2. The van der Waals surface area contributed by atoms with Crippen LogP contribution in [-0.2, 0) is 21.0 Å². The van der Waals surface area contributed by atoms with Gasteiger partial charge in [0, 0.05) is 11.5 Å². The molecular formula is C16H24Br2N4O4S2. The summed E-state index contributed by atoms with van der Waals surface area (Å²) in [4.78, 5) is 24.6. The van der Waals surface area contributed by atoms with Crippen LogP contribution in [0.2, 0.25) is 0 Å². The van der Waals surface area contributed by atoms with E-state index in [4.69, 9.17) is 31.8 Å². The lowest BCUT2D eigenvalue weighted by atomic mass is 9.99. The van der Waals surface area contributed by atoms with E-state index < -0.39 is 11.9 Å². The minimum absolute atomic E-state index is 0. The highest BCUT2D eigenvalue weighted by Gasteiger charge is 2.21. The molecule has 28 heavy (non-hydrogen) atoms. The summed E-state index contributed by atoms with van der Waals surface area (Å²) in [5.74, 6) is -0.597. The van der Waals surface area contributed by atoms with Gasteiger partial charge in [-0.3, -0.25) is 10.8 Å². The van der Waals surface area contributed by atoms with Crippen molar-refractivity contribution in [3.05, 3.63) is 34.4 Å². The molecule has 0 heterocycles. The molecule has 1 aromatic rings. The van der Waals surface area contributed by atoms with Crippen molar-refractivity contribution in [3.63, 3.8) is 0 Å². The Morgan fingerprint density at radius 1 is 0.857 bits per heavy atom. The minimum Gasteiger partial charge on any atom is -0.462 e. The second-order valence-corrected chi connectivity index (χ2v) is 6.95. The summed E-state index contributed by atoms with van der Waals surface area (Å²) in [7, 11) is 0. The van der Waals surface area contributed by atoms with Crippen LogP contribution >= 0.6 is 57.5 Å². The van der Waals surface area contributed by atoms with Gasteiger partial charge in [-0.15, -0.1) is 34.0 Å². The normalized spacial score (nSPS) is 9.50. The van der Waals surface area contributed by atoms with Crippen LogP contribution in [0.5, 0.6) is 0 Å². The Kier molecular flexibility index (Phi) is 15.2. The second-order valence-electron chi connectivity index (χ2n) is 4.91. The van der Waals surface area contributed by atoms with Gasteiger partial charge in [-0.25, -0.2) is 9.59 Å². The number of ether oxygens (including phenoxy) is 2. The van der Waals surface area contributed by atoms with Gasteiger partial charge in [-0.2, -0.15) is 0 Å². The summed E-state index contributed by atoms with van der Waals surface area (Å²) < 4.78 is 10.1. The fourth-order valence-electron chi connectivity index (χ4n) is 2.04. The fraction of sp³-hybridized carbons (Fsp3) is 0.375. The van der Waals surface area contributed by atoms with E-state index in [1.165, 1.54) is 6.07 Å². The third-order valence-corrected chi connectivity index (χ3v) is 4.62. The third-order valence-electron chi connectivity index (χ3n) is 3.09. The molecule has 158 valence electrons. The molecule has 0 aliphatic heterocycles. The molecule has 0 amide bonds. The lowest BCUT2D eigenvalue weighted by molar-refractivity contribution is 0.0524. The van der Waals surface area contributed by atoms with Crippen LogP contribution in [0, 0.1) is 10.8 Å². The highest BCUT2D eigenvalue weighted by molar-refractivity contribution is 8.93. The molecule has 0 bridgehead atoms. The third kappa shape index (κ3) is 9.30. The smallest absolute Gasteiger partial charge is 0.338 e. The largest absolute Gasteiger partial charge is 0.462 e. The Morgan fingerprint density at radius 3 is 1.50 bits per heavy atom. The summed E-state index contributed by atoms with van der Waals surface area (Å²) in [5, 5.41) is 14.5. The molecular weight excluding hydrogens is 536 g/mol. The molecule has 1 aromatic carbocycles. The lowest BCUT2D eigenvalue weighted by Gasteiger charge is -2.15. The molecule has 0 spiro atoms. The molecule has 0 aliphatic rings. The van der Waals surface area contributed by atoms with Crippen molar-refractivity contribution in [2.75, 3.05) is 13.2 Å². The molecule has 1 rings (SSSR count). The Hall–Kier alpha value is -1.24. The first kappa shape index (κ1) is 29.0. The van der Waals surface area contributed by atoms with E-state index >= 15 is 0 Å². The van der Waals surface area contributed by atoms with Crippen LogP contribution < -0.4 is 11.5 Å². The minimum atomic E-state index is -0.567. The number of carbonyl (C=O) groups excluding carboxylic acids is 2. The molecule has 0 fully saturated rings. The van der Waals surface area contributed by atoms with Crippen molar-refractivity contribution in [3.8, 4) is 0 Å². The van der Waals surface area contributed by atoms with Crippen molar-refractivity contribution in [2.45, 2.75) is 25.4 Å². The maximum Gasteiger partial charge on any atom is 0.338 e. The van der Waals surface area contributed by atoms with Gasteiger partial charge in [0.05, 0.1) is 24.3 Å². The molecule has 6 N–H and O–H groups in total. The standard InChI is InChI=1S/C16H22N4O4S2.2BrH/c1-3-23-13(21)11-6-12(14(22)24-4-2)10(8-26-16(19)20)5-9(11)7-25-15(17)18;;/h5-6H,3-4,7-8H2,1-2H3,(H3,17,18)(H3,19,20);2*1H. The zero-order valence-corrected chi connectivity index (χ0v) is 20.5. The van der Waals surface area contributed by atoms with Crippen LogP contribution in [0.4, 0.5) is 0 Å². The first-order valence-corrected chi connectivity index (χ1v) is 9.70. The molecule has 0 aliphatic carbocycles. The summed E-state index contributed by atoms with van der Waals surface area (Å²) >= 11 is 2.11. The number of halogens is 2. The van der Waals surface area contributed by atoms with E-state index in [0.29, 0.717) is 11.1 Å². The summed E-state index contributed by atoms with van der Waals surface area (Å²) in [5.41, 5.74) is 12.4. The van der Waals surface area contributed by atoms with Crippen molar-refractivity contribution in [1.29, 1.82) is 10.8 Å². The van der Waals surface area contributed by atoms with E-state index in [1.807, 2.05) is 0 Å². The number of rotatable bonds is 8. The zero-order chi connectivity index (χ0) is 19.7. The van der Waals surface area contributed by atoms with Crippen LogP contribution in [0.1, 0.15) is 45.7 Å². The van der Waals surface area contributed by atoms with Crippen molar-refractivity contribution in [1.82, 2.24) is 0 Å². The monoisotopic (exact) mass is 558 g/mol. The van der Waals surface area contributed by atoms with E-state index in [9.17, 15) is 9.59 Å². The van der Waals surface area contributed by atoms with Crippen molar-refractivity contribution < 1.29 is 19.1 Å². The van der Waals surface area contributed by atoms with Crippen molar-refractivity contribution in [2.24, 2.45) is 11.5 Å². The van der Waals surface area contributed by atoms with Gasteiger partial charge in [0.2, 0.25) is 0 Å². The molecule has 8 nitrogen and oxygen atoms in total. The van der Waals surface area contributed by atoms with Crippen molar-refractivity contribution >= 4 is 79.8 Å². The average molecular weight is 560 g/mol. The first-order valence-electron chi connectivity index (χ1n) is 7.73. The number of hydrogen-bond donors (Lipinski definition) is 4.